The third kappa shape index (κ3) is 5.81. The van der Waals surface area contributed by atoms with E-state index in [1.54, 1.807) is 0 Å². The summed E-state index contributed by atoms with van der Waals surface area (Å²) in [5.41, 5.74) is 6.19. The van der Waals surface area contributed by atoms with Crippen molar-refractivity contribution in [3.8, 4) is 11.5 Å². The number of hydrogen-bond acceptors (Lipinski definition) is 4. The molecule has 2 aromatic carbocycles. The lowest BCUT2D eigenvalue weighted by Gasteiger charge is -2.37. The molecule has 1 aromatic heterocycles. The van der Waals surface area contributed by atoms with Crippen LogP contribution in [-0.4, -0.2) is 38.2 Å². The van der Waals surface area contributed by atoms with Crippen LogP contribution in [0.5, 0.6) is 11.5 Å². The predicted molar refractivity (Wildman–Crippen MR) is 165 cm³/mol. The summed E-state index contributed by atoms with van der Waals surface area (Å²) in [6.45, 7) is 4.61. The fourth-order valence-electron chi connectivity index (χ4n) is 7.81. The van der Waals surface area contributed by atoms with Crippen LogP contribution in [0.15, 0.2) is 42.6 Å². The molecule has 0 saturated heterocycles. The zero-order chi connectivity index (χ0) is 29.2. The fourth-order valence-corrected chi connectivity index (χ4v) is 7.81. The maximum absolute atomic E-state index is 12.2. The maximum atomic E-state index is 12.2. The molecular formula is C36H49NO4. The molecule has 0 atom stereocenters. The highest BCUT2D eigenvalue weighted by molar-refractivity contribution is 5.60. The molecule has 0 spiro atoms. The van der Waals surface area contributed by atoms with E-state index >= 15 is 0 Å². The van der Waals surface area contributed by atoms with Crippen molar-refractivity contribution in [2.24, 2.45) is 7.05 Å². The topological polar surface area (TPSA) is 85.9 Å². The molecule has 222 valence electrons. The molecule has 5 nitrogen and oxygen atoms in total. The molecule has 5 rings (SSSR count). The molecule has 2 saturated carbocycles. The van der Waals surface area contributed by atoms with E-state index in [1.807, 2.05) is 31.4 Å². The normalized spacial score (nSPS) is 18.6. The first kappa shape index (κ1) is 29.7. The molecule has 1 heterocycles. The SMILES string of the molecule is Cn1cccc1C(c1cc(CCO)cc(C2(C)CCCCC2)c1O)c1cc(CCO)cc(C2(C)CCCCC2)c1O. The second-order valence-electron chi connectivity index (χ2n) is 13.3. The van der Waals surface area contributed by atoms with Gasteiger partial charge in [0.2, 0.25) is 0 Å². The quantitative estimate of drug-likeness (QED) is 0.225. The Morgan fingerprint density at radius 3 is 1.51 bits per heavy atom. The van der Waals surface area contributed by atoms with Crippen LogP contribution in [-0.2, 0) is 30.7 Å². The van der Waals surface area contributed by atoms with Crippen LogP contribution in [0.25, 0.3) is 0 Å². The Balaban J connectivity index is 1.78. The molecule has 41 heavy (non-hydrogen) atoms. The minimum atomic E-state index is -0.413. The molecule has 0 aliphatic heterocycles. The van der Waals surface area contributed by atoms with Gasteiger partial charge in [-0.3, -0.25) is 0 Å². The number of rotatable bonds is 9. The van der Waals surface area contributed by atoms with Crippen molar-refractivity contribution < 1.29 is 20.4 Å². The lowest BCUT2D eigenvalue weighted by atomic mass is 9.68. The number of aryl methyl sites for hydroxylation is 1. The zero-order valence-electron chi connectivity index (χ0n) is 25.3. The molecule has 0 radical (unpaired) electrons. The summed E-state index contributed by atoms with van der Waals surface area (Å²) in [4.78, 5) is 0. The second kappa shape index (κ2) is 12.2. The average Bonchev–Trinajstić information content (AvgIpc) is 3.38. The number of aromatic hydroxyl groups is 2. The van der Waals surface area contributed by atoms with E-state index in [-0.39, 0.29) is 24.0 Å². The minimum absolute atomic E-state index is 0.0366. The Bertz CT molecular complexity index is 1260. The minimum Gasteiger partial charge on any atom is -0.507 e. The van der Waals surface area contributed by atoms with Crippen LogP contribution in [0.4, 0.5) is 0 Å². The number of aliphatic hydroxyl groups is 2. The Morgan fingerprint density at radius 1 is 0.707 bits per heavy atom. The Kier molecular flexibility index (Phi) is 8.87. The lowest BCUT2D eigenvalue weighted by Crippen LogP contribution is -2.27. The van der Waals surface area contributed by atoms with E-state index in [4.69, 9.17) is 0 Å². The summed E-state index contributed by atoms with van der Waals surface area (Å²) in [7, 11) is 2.01. The first-order chi connectivity index (χ1) is 19.7. The number of phenols is 2. The van der Waals surface area contributed by atoms with Crippen molar-refractivity contribution in [1.29, 1.82) is 0 Å². The molecule has 5 heteroatoms. The van der Waals surface area contributed by atoms with Gasteiger partial charge in [-0.15, -0.1) is 0 Å². The number of hydrogen-bond donors (Lipinski definition) is 4. The predicted octanol–water partition coefficient (Wildman–Crippen LogP) is 7.13. The molecule has 0 bridgehead atoms. The third-order valence-corrected chi connectivity index (χ3v) is 10.3. The van der Waals surface area contributed by atoms with Gasteiger partial charge in [-0.05, 0) is 72.6 Å². The van der Waals surface area contributed by atoms with Crippen LogP contribution in [0.2, 0.25) is 0 Å². The van der Waals surface area contributed by atoms with Crippen molar-refractivity contribution in [3.63, 3.8) is 0 Å². The van der Waals surface area contributed by atoms with Crippen molar-refractivity contribution in [2.75, 3.05) is 13.2 Å². The van der Waals surface area contributed by atoms with Gasteiger partial charge in [0.15, 0.2) is 0 Å². The van der Waals surface area contributed by atoms with E-state index in [9.17, 15) is 20.4 Å². The van der Waals surface area contributed by atoms with Gasteiger partial charge >= 0.3 is 0 Å². The maximum Gasteiger partial charge on any atom is 0.123 e. The average molecular weight is 560 g/mol. The Morgan fingerprint density at radius 2 is 1.15 bits per heavy atom. The summed E-state index contributed by atoms with van der Waals surface area (Å²) in [5, 5.41) is 44.2. The lowest BCUT2D eigenvalue weighted by molar-refractivity contribution is 0.296. The summed E-state index contributed by atoms with van der Waals surface area (Å²) in [6, 6.07) is 12.4. The van der Waals surface area contributed by atoms with Gasteiger partial charge in [0.1, 0.15) is 11.5 Å². The number of aromatic nitrogens is 1. The van der Waals surface area contributed by atoms with E-state index in [2.05, 4.69) is 36.6 Å². The molecule has 2 fully saturated rings. The van der Waals surface area contributed by atoms with Crippen LogP contribution in [0.3, 0.4) is 0 Å². The Labute approximate surface area is 245 Å². The van der Waals surface area contributed by atoms with Crippen LogP contribution in [0.1, 0.15) is 123 Å². The van der Waals surface area contributed by atoms with E-state index < -0.39 is 5.92 Å². The monoisotopic (exact) mass is 559 g/mol. The van der Waals surface area contributed by atoms with Gasteiger partial charge < -0.3 is 25.0 Å². The molecule has 2 aliphatic rings. The summed E-state index contributed by atoms with van der Waals surface area (Å²) in [5.74, 6) is 0.198. The first-order valence-corrected chi connectivity index (χ1v) is 15.8. The highest BCUT2D eigenvalue weighted by atomic mass is 16.3. The van der Waals surface area contributed by atoms with E-state index in [1.165, 1.54) is 12.8 Å². The fraction of sp³-hybridized carbons (Fsp3) is 0.556. The molecule has 0 amide bonds. The van der Waals surface area contributed by atoms with Crippen molar-refractivity contribution >= 4 is 0 Å². The smallest absolute Gasteiger partial charge is 0.123 e. The van der Waals surface area contributed by atoms with Gasteiger partial charge in [-0.25, -0.2) is 0 Å². The Hall–Kier alpha value is -2.76. The van der Waals surface area contributed by atoms with Crippen LogP contribution >= 0.6 is 0 Å². The van der Waals surface area contributed by atoms with Gasteiger partial charge in [0, 0.05) is 54.4 Å². The van der Waals surface area contributed by atoms with Gasteiger partial charge in [-0.2, -0.15) is 0 Å². The molecule has 4 N–H and O–H groups in total. The van der Waals surface area contributed by atoms with E-state index in [0.717, 1.165) is 90.4 Å². The number of phenolic OH excluding ortho intramolecular Hbond substituents is 2. The van der Waals surface area contributed by atoms with E-state index in [0.29, 0.717) is 24.3 Å². The number of nitrogens with zero attached hydrogens (tertiary/aromatic N) is 1. The van der Waals surface area contributed by atoms with Crippen LogP contribution < -0.4 is 0 Å². The van der Waals surface area contributed by atoms with Gasteiger partial charge in [0.25, 0.3) is 0 Å². The highest BCUT2D eigenvalue weighted by Gasteiger charge is 2.37. The largest absolute Gasteiger partial charge is 0.507 e. The number of aliphatic hydroxyl groups excluding tert-OH is 2. The second-order valence-corrected chi connectivity index (χ2v) is 13.3. The molecular weight excluding hydrogens is 510 g/mol. The molecule has 3 aromatic rings. The van der Waals surface area contributed by atoms with Gasteiger partial charge in [-0.1, -0.05) is 76.6 Å². The highest BCUT2D eigenvalue weighted by Crippen LogP contribution is 2.51. The van der Waals surface area contributed by atoms with Crippen molar-refractivity contribution in [2.45, 2.75) is 108 Å². The van der Waals surface area contributed by atoms with Crippen LogP contribution in [0, 0.1) is 0 Å². The van der Waals surface area contributed by atoms with Crippen molar-refractivity contribution in [1.82, 2.24) is 4.57 Å². The van der Waals surface area contributed by atoms with Crippen molar-refractivity contribution in [3.05, 3.63) is 81.7 Å². The third-order valence-electron chi connectivity index (χ3n) is 10.3. The summed E-state index contributed by atoms with van der Waals surface area (Å²) < 4.78 is 2.07. The standard InChI is InChI=1S/C36H49NO4/c1-35(14-6-4-7-15-35)29-23-25(12-19-38)21-27(33(29)40)32(31-11-10-18-37(31)3)28-22-26(13-20-39)24-30(34(28)41)36(2)16-8-5-9-17-36/h10-11,18,21-24,32,38-41H,4-9,12-17,19-20H2,1-3H3. The zero-order valence-corrected chi connectivity index (χ0v) is 25.3. The first-order valence-electron chi connectivity index (χ1n) is 15.8. The molecule has 2 aliphatic carbocycles. The van der Waals surface area contributed by atoms with Gasteiger partial charge in [0.05, 0.1) is 5.92 Å². The summed E-state index contributed by atoms with van der Waals surface area (Å²) >= 11 is 0. The number of benzene rings is 2. The summed E-state index contributed by atoms with van der Waals surface area (Å²) in [6.07, 6.45) is 14.1. The molecule has 0 unspecified atom stereocenters.